The Hall–Kier alpha value is -3.12. The second-order valence-electron chi connectivity index (χ2n) is 6.02. The maximum Gasteiger partial charge on any atom is 0.354 e. The van der Waals surface area contributed by atoms with Gasteiger partial charge in [-0.25, -0.2) is 9.78 Å². The van der Waals surface area contributed by atoms with Crippen molar-refractivity contribution < 1.29 is 19.7 Å². The van der Waals surface area contributed by atoms with Crippen LogP contribution in [0.15, 0.2) is 59.1 Å². The zero-order valence-corrected chi connectivity index (χ0v) is 15.8. The van der Waals surface area contributed by atoms with E-state index in [1.165, 1.54) is 19.2 Å². The van der Waals surface area contributed by atoms with Crippen LogP contribution in [0.25, 0.3) is 32.8 Å². The number of ether oxygens (including phenoxy) is 1. The van der Waals surface area contributed by atoms with Crippen molar-refractivity contribution in [3.05, 3.63) is 64.8 Å². The van der Waals surface area contributed by atoms with Gasteiger partial charge in [0, 0.05) is 15.4 Å². The zero-order valence-electron chi connectivity index (χ0n) is 14.2. The summed E-state index contributed by atoms with van der Waals surface area (Å²) in [6.07, 6.45) is 0. The molecule has 0 aliphatic carbocycles. The number of fused-ring (bicyclic) bond motifs is 3. The van der Waals surface area contributed by atoms with E-state index in [2.05, 4.69) is 20.9 Å². The molecule has 0 fully saturated rings. The second-order valence-corrected chi connectivity index (χ2v) is 6.88. The smallest absolute Gasteiger partial charge is 0.354 e. The lowest BCUT2D eigenvalue weighted by molar-refractivity contribution is -0.270. The maximum absolute atomic E-state index is 12.0. The summed E-state index contributed by atoms with van der Waals surface area (Å²) < 4.78 is 5.73. The molecule has 0 spiro atoms. The standard InChI is InChI=1S/C21H14BrNO4/c1-27-19-9-13(15(22)10-18(19)24)14-8-17(21(25)26)23-16-7-6-11-4-2-3-5-12(11)20(14)16/h2-10,24H,1H3,(H,25,26)/p-1. The third-order valence-electron chi connectivity index (χ3n) is 4.46. The SMILES string of the molecule is COc1cc(-c2cc(C(=O)O)nc3ccc4ccccc4c23)c(Br)cc1[O-]. The first-order valence-electron chi connectivity index (χ1n) is 8.10. The van der Waals surface area contributed by atoms with Gasteiger partial charge in [0.05, 0.1) is 12.6 Å². The summed E-state index contributed by atoms with van der Waals surface area (Å²) in [5.74, 6) is -1.18. The quantitative estimate of drug-likeness (QED) is 0.487. The summed E-state index contributed by atoms with van der Waals surface area (Å²) in [4.78, 5) is 15.9. The average Bonchev–Trinajstić information content (AvgIpc) is 2.67. The fraction of sp³-hybridized carbons (Fsp3) is 0.0476. The molecule has 3 aromatic carbocycles. The number of rotatable bonds is 3. The summed E-state index contributed by atoms with van der Waals surface area (Å²) in [5, 5.41) is 24.3. The molecule has 1 heterocycles. The van der Waals surface area contributed by atoms with E-state index < -0.39 is 5.97 Å². The van der Waals surface area contributed by atoms with Crippen LogP contribution < -0.4 is 9.84 Å². The van der Waals surface area contributed by atoms with Gasteiger partial charge in [-0.2, -0.15) is 0 Å². The van der Waals surface area contributed by atoms with Crippen molar-refractivity contribution in [3.63, 3.8) is 0 Å². The van der Waals surface area contributed by atoms with E-state index in [4.69, 9.17) is 4.74 Å². The topological polar surface area (TPSA) is 82.5 Å². The molecule has 4 aromatic rings. The molecule has 0 aliphatic rings. The number of aromatic nitrogens is 1. The molecule has 0 radical (unpaired) electrons. The summed E-state index contributed by atoms with van der Waals surface area (Å²) in [6.45, 7) is 0. The van der Waals surface area contributed by atoms with Gasteiger partial charge in [-0.3, -0.25) is 0 Å². The number of benzene rings is 3. The lowest BCUT2D eigenvalue weighted by Crippen LogP contribution is -2.02. The summed E-state index contributed by atoms with van der Waals surface area (Å²) >= 11 is 3.44. The molecule has 5 nitrogen and oxygen atoms in total. The van der Waals surface area contributed by atoms with Crippen molar-refractivity contribution in [2.24, 2.45) is 0 Å². The predicted octanol–water partition coefficient (Wildman–Crippen LogP) is 4.60. The van der Waals surface area contributed by atoms with E-state index in [0.29, 0.717) is 21.1 Å². The molecule has 6 heteroatoms. The molecular formula is C21H13BrNO4-. The molecule has 0 unspecified atom stereocenters. The number of carbonyl (C=O) groups is 1. The Labute approximate surface area is 163 Å². The highest BCUT2D eigenvalue weighted by atomic mass is 79.9. The van der Waals surface area contributed by atoms with Crippen LogP contribution in [0.2, 0.25) is 0 Å². The molecule has 0 aliphatic heterocycles. The average molecular weight is 423 g/mol. The molecule has 0 atom stereocenters. The highest BCUT2D eigenvalue weighted by Crippen LogP contribution is 2.41. The minimum absolute atomic E-state index is 0.0650. The number of aromatic carboxylic acids is 1. The van der Waals surface area contributed by atoms with E-state index >= 15 is 0 Å². The molecule has 0 saturated carbocycles. The molecule has 1 aromatic heterocycles. The van der Waals surface area contributed by atoms with Gasteiger partial charge in [-0.1, -0.05) is 58.1 Å². The van der Waals surface area contributed by atoms with Gasteiger partial charge >= 0.3 is 5.97 Å². The fourth-order valence-electron chi connectivity index (χ4n) is 3.23. The van der Waals surface area contributed by atoms with Gasteiger partial charge in [-0.05, 0) is 34.5 Å². The Balaban J connectivity index is 2.18. The van der Waals surface area contributed by atoms with Crippen LogP contribution >= 0.6 is 15.9 Å². The molecule has 0 saturated heterocycles. The van der Waals surface area contributed by atoms with E-state index in [1.54, 1.807) is 12.1 Å². The predicted molar refractivity (Wildman–Crippen MR) is 105 cm³/mol. The van der Waals surface area contributed by atoms with Crippen molar-refractivity contribution in [3.8, 4) is 22.6 Å². The monoisotopic (exact) mass is 422 g/mol. The lowest BCUT2D eigenvalue weighted by atomic mass is 9.95. The Morgan fingerprint density at radius 1 is 1.11 bits per heavy atom. The second kappa shape index (κ2) is 6.55. The number of nitrogens with zero attached hydrogens (tertiary/aromatic N) is 1. The highest BCUT2D eigenvalue weighted by Gasteiger charge is 2.17. The lowest BCUT2D eigenvalue weighted by Gasteiger charge is -2.18. The summed E-state index contributed by atoms with van der Waals surface area (Å²) in [5.41, 5.74) is 1.84. The van der Waals surface area contributed by atoms with Crippen LogP contribution in [0, 0.1) is 0 Å². The number of hydrogen-bond donors (Lipinski definition) is 1. The van der Waals surface area contributed by atoms with E-state index in [1.807, 2.05) is 30.3 Å². The van der Waals surface area contributed by atoms with Gasteiger partial charge in [0.25, 0.3) is 0 Å². The van der Waals surface area contributed by atoms with Gasteiger partial charge in [0.1, 0.15) is 11.4 Å². The van der Waals surface area contributed by atoms with E-state index in [-0.39, 0.29) is 17.2 Å². The molecule has 1 N–H and O–H groups in total. The third kappa shape index (κ3) is 2.88. The molecule has 0 amide bonds. The Bertz CT molecular complexity index is 1220. The van der Waals surface area contributed by atoms with Crippen molar-refractivity contribution in [1.29, 1.82) is 0 Å². The van der Waals surface area contributed by atoms with E-state index in [0.717, 1.165) is 16.2 Å². The Morgan fingerprint density at radius 2 is 1.89 bits per heavy atom. The minimum atomic E-state index is -1.12. The summed E-state index contributed by atoms with van der Waals surface area (Å²) in [7, 11) is 1.43. The first kappa shape index (κ1) is 17.3. The van der Waals surface area contributed by atoms with Crippen LogP contribution in [0.3, 0.4) is 0 Å². The fourth-order valence-corrected chi connectivity index (χ4v) is 3.77. The number of pyridine rings is 1. The van der Waals surface area contributed by atoms with Crippen LogP contribution in [0.1, 0.15) is 10.5 Å². The minimum Gasteiger partial charge on any atom is -0.870 e. The highest BCUT2D eigenvalue weighted by molar-refractivity contribution is 9.10. The van der Waals surface area contributed by atoms with Crippen LogP contribution in [0.5, 0.6) is 11.5 Å². The first-order valence-corrected chi connectivity index (χ1v) is 8.89. The number of halogens is 1. The third-order valence-corrected chi connectivity index (χ3v) is 5.12. The zero-order chi connectivity index (χ0) is 19.1. The van der Waals surface area contributed by atoms with Gasteiger partial charge in [-0.15, -0.1) is 0 Å². The normalized spacial score (nSPS) is 11.0. The Morgan fingerprint density at radius 3 is 2.63 bits per heavy atom. The molecule has 134 valence electrons. The first-order chi connectivity index (χ1) is 13.0. The van der Waals surface area contributed by atoms with Crippen molar-refractivity contribution in [2.45, 2.75) is 0 Å². The molecular weight excluding hydrogens is 410 g/mol. The number of hydrogen-bond acceptors (Lipinski definition) is 4. The Kier molecular flexibility index (Phi) is 4.20. The van der Waals surface area contributed by atoms with Crippen molar-refractivity contribution in [2.75, 3.05) is 7.11 Å². The van der Waals surface area contributed by atoms with Crippen LogP contribution in [-0.2, 0) is 0 Å². The van der Waals surface area contributed by atoms with E-state index in [9.17, 15) is 15.0 Å². The van der Waals surface area contributed by atoms with Crippen molar-refractivity contribution >= 4 is 43.6 Å². The number of carboxylic acid groups (broad SMARTS) is 1. The van der Waals surface area contributed by atoms with Gasteiger partial charge in [0.15, 0.2) is 0 Å². The van der Waals surface area contributed by atoms with Gasteiger partial charge in [0.2, 0.25) is 0 Å². The molecule has 0 bridgehead atoms. The number of methoxy groups -OCH3 is 1. The summed E-state index contributed by atoms with van der Waals surface area (Å²) in [6, 6.07) is 16.1. The largest absolute Gasteiger partial charge is 0.870 e. The number of carboxylic acids is 1. The molecule has 4 rings (SSSR count). The van der Waals surface area contributed by atoms with Crippen molar-refractivity contribution in [1.82, 2.24) is 4.98 Å². The molecule has 27 heavy (non-hydrogen) atoms. The van der Waals surface area contributed by atoms with Crippen LogP contribution in [0.4, 0.5) is 0 Å². The maximum atomic E-state index is 12.0. The van der Waals surface area contributed by atoms with Crippen LogP contribution in [-0.4, -0.2) is 23.2 Å². The van der Waals surface area contributed by atoms with Gasteiger partial charge < -0.3 is 14.9 Å².